The summed E-state index contributed by atoms with van der Waals surface area (Å²) in [6, 6.07) is 9.17. The molecule has 0 bridgehead atoms. The smallest absolute Gasteiger partial charge is 0.239 e. The van der Waals surface area contributed by atoms with Crippen LogP contribution in [-0.2, 0) is 11.3 Å². The Morgan fingerprint density at radius 2 is 2.18 bits per heavy atom. The minimum absolute atomic E-state index is 0.123. The predicted octanol–water partition coefficient (Wildman–Crippen LogP) is 1.92. The molecule has 8 heteroatoms. The lowest BCUT2D eigenvalue weighted by Gasteiger charge is -2.03. The van der Waals surface area contributed by atoms with Crippen molar-refractivity contribution in [1.82, 2.24) is 20.5 Å². The molecule has 1 amide bonds. The van der Waals surface area contributed by atoms with Crippen molar-refractivity contribution in [3.63, 3.8) is 0 Å². The molecule has 0 unspecified atom stereocenters. The zero-order valence-electron chi connectivity index (χ0n) is 11.5. The summed E-state index contributed by atoms with van der Waals surface area (Å²) < 4.78 is 5.14. The first kappa shape index (κ1) is 14.2. The Morgan fingerprint density at radius 3 is 2.95 bits per heavy atom. The molecule has 0 radical (unpaired) electrons. The first-order chi connectivity index (χ1) is 10.8. The Kier molecular flexibility index (Phi) is 4.40. The summed E-state index contributed by atoms with van der Waals surface area (Å²) in [6.07, 6.45) is 3.27. The Bertz CT molecular complexity index is 727. The second-order valence-electron chi connectivity index (χ2n) is 4.34. The van der Waals surface area contributed by atoms with Crippen LogP contribution in [0.2, 0.25) is 0 Å². The van der Waals surface area contributed by atoms with Crippen LogP contribution in [0.15, 0.2) is 47.2 Å². The van der Waals surface area contributed by atoms with Gasteiger partial charge in [-0.15, -0.1) is 10.2 Å². The summed E-state index contributed by atoms with van der Waals surface area (Å²) in [5, 5.41) is 15.0. The van der Waals surface area contributed by atoms with E-state index in [1.165, 1.54) is 11.3 Å². The fraction of sp³-hybridized carbons (Fsp3) is 0.143. The zero-order chi connectivity index (χ0) is 15.2. The number of hydrogen-bond acceptors (Lipinski definition) is 7. The summed E-state index contributed by atoms with van der Waals surface area (Å²) >= 11 is 1.35. The van der Waals surface area contributed by atoms with Gasteiger partial charge in [0.25, 0.3) is 0 Å². The van der Waals surface area contributed by atoms with Gasteiger partial charge in [-0.2, -0.15) is 0 Å². The highest BCUT2D eigenvalue weighted by Gasteiger charge is 2.08. The van der Waals surface area contributed by atoms with E-state index < -0.39 is 0 Å². The van der Waals surface area contributed by atoms with E-state index in [-0.39, 0.29) is 12.5 Å². The van der Waals surface area contributed by atoms with Crippen molar-refractivity contribution in [2.75, 3.05) is 11.9 Å². The molecule has 3 rings (SSSR count). The van der Waals surface area contributed by atoms with E-state index >= 15 is 0 Å². The lowest BCUT2D eigenvalue weighted by atomic mass is 10.4. The quantitative estimate of drug-likeness (QED) is 0.722. The molecule has 0 atom stereocenters. The lowest BCUT2D eigenvalue weighted by molar-refractivity contribution is -0.119. The Labute approximate surface area is 130 Å². The van der Waals surface area contributed by atoms with Crippen LogP contribution in [0.25, 0.3) is 10.7 Å². The first-order valence-electron chi connectivity index (χ1n) is 6.59. The second kappa shape index (κ2) is 6.81. The molecule has 0 spiro atoms. The minimum Gasteiger partial charge on any atom is -0.467 e. The van der Waals surface area contributed by atoms with Crippen LogP contribution in [0.4, 0.5) is 5.13 Å². The van der Waals surface area contributed by atoms with Crippen molar-refractivity contribution in [3.8, 4) is 10.7 Å². The summed E-state index contributed by atoms with van der Waals surface area (Å²) in [5.41, 5.74) is 0.760. The van der Waals surface area contributed by atoms with Gasteiger partial charge >= 0.3 is 0 Å². The average Bonchev–Trinajstić information content (AvgIpc) is 3.23. The number of pyridine rings is 1. The molecule has 112 valence electrons. The molecule has 7 nitrogen and oxygen atoms in total. The van der Waals surface area contributed by atoms with Gasteiger partial charge in [0, 0.05) is 6.20 Å². The molecule has 0 aliphatic heterocycles. The maximum atomic E-state index is 11.7. The molecule has 22 heavy (non-hydrogen) atoms. The number of nitrogens with zero attached hydrogens (tertiary/aromatic N) is 3. The molecule has 3 aromatic rings. The van der Waals surface area contributed by atoms with Crippen LogP contribution in [0.3, 0.4) is 0 Å². The van der Waals surface area contributed by atoms with Crippen molar-refractivity contribution < 1.29 is 9.21 Å². The van der Waals surface area contributed by atoms with Crippen molar-refractivity contribution >= 4 is 22.4 Å². The van der Waals surface area contributed by atoms with Crippen LogP contribution in [-0.4, -0.2) is 27.6 Å². The zero-order valence-corrected chi connectivity index (χ0v) is 12.3. The Morgan fingerprint density at radius 1 is 1.23 bits per heavy atom. The summed E-state index contributed by atoms with van der Waals surface area (Å²) in [7, 11) is 0. The van der Waals surface area contributed by atoms with Crippen LogP contribution < -0.4 is 10.6 Å². The number of aromatic nitrogens is 3. The number of furan rings is 1. The van der Waals surface area contributed by atoms with Gasteiger partial charge in [0.2, 0.25) is 11.0 Å². The topological polar surface area (TPSA) is 92.9 Å². The van der Waals surface area contributed by atoms with Gasteiger partial charge in [0.1, 0.15) is 11.5 Å². The van der Waals surface area contributed by atoms with E-state index in [2.05, 4.69) is 25.8 Å². The molecule has 3 heterocycles. The number of amides is 1. The van der Waals surface area contributed by atoms with Gasteiger partial charge in [-0.25, -0.2) is 0 Å². The van der Waals surface area contributed by atoms with E-state index in [1.54, 1.807) is 24.6 Å². The van der Waals surface area contributed by atoms with Crippen LogP contribution in [0, 0.1) is 0 Å². The SMILES string of the molecule is O=C(CNc1nnc(-c2ccccn2)s1)NCc1ccco1. The maximum absolute atomic E-state index is 11.7. The standard InChI is InChI=1S/C14H13N5O2S/c20-12(16-8-10-4-3-7-21-10)9-17-14-19-18-13(22-14)11-5-1-2-6-15-11/h1-7H,8-9H2,(H,16,20)(H,17,19). The largest absolute Gasteiger partial charge is 0.467 e. The van der Waals surface area contributed by atoms with Gasteiger partial charge in [0.05, 0.1) is 19.4 Å². The van der Waals surface area contributed by atoms with Crippen molar-refractivity contribution in [2.45, 2.75) is 6.54 Å². The van der Waals surface area contributed by atoms with E-state index in [0.29, 0.717) is 22.4 Å². The second-order valence-corrected chi connectivity index (χ2v) is 5.31. The fourth-order valence-corrected chi connectivity index (χ4v) is 2.42. The van der Waals surface area contributed by atoms with Crippen LogP contribution >= 0.6 is 11.3 Å². The molecule has 3 aromatic heterocycles. The summed E-state index contributed by atoms with van der Waals surface area (Å²) in [5.74, 6) is 0.563. The molecule has 0 aromatic carbocycles. The number of hydrogen-bond donors (Lipinski definition) is 2. The highest BCUT2D eigenvalue weighted by atomic mass is 32.1. The summed E-state index contributed by atoms with van der Waals surface area (Å²) in [6.45, 7) is 0.486. The lowest BCUT2D eigenvalue weighted by Crippen LogP contribution is -2.29. The van der Waals surface area contributed by atoms with Gasteiger partial charge in [-0.05, 0) is 24.3 Å². The highest BCUT2D eigenvalue weighted by molar-refractivity contribution is 7.18. The van der Waals surface area contributed by atoms with Crippen molar-refractivity contribution in [2.24, 2.45) is 0 Å². The number of carbonyl (C=O) groups is 1. The predicted molar refractivity (Wildman–Crippen MR) is 82.2 cm³/mol. The van der Waals surface area contributed by atoms with Crippen LogP contribution in [0.5, 0.6) is 0 Å². The number of nitrogens with one attached hydrogen (secondary N) is 2. The normalized spacial score (nSPS) is 10.4. The van der Waals surface area contributed by atoms with E-state index in [9.17, 15) is 4.79 Å². The van der Waals surface area contributed by atoms with Gasteiger partial charge < -0.3 is 15.1 Å². The van der Waals surface area contributed by atoms with E-state index in [0.717, 1.165) is 5.69 Å². The van der Waals surface area contributed by atoms with Crippen molar-refractivity contribution in [1.29, 1.82) is 0 Å². The average molecular weight is 315 g/mol. The van der Waals surface area contributed by atoms with Gasteiger partial charge in [0.15, 0.2) is 5.01 Å². The first-order valence-corrected chi connectivity index (χ1v) is 7.41. The number of carbonyl (C=O) groups excluding carboxylic acids is 1. The molecule has 0 saturated heterocycles. The molecule has 0 aliphatic carbocycles. The molecule has 2 N–H and O–H groups in total. The third kappa shape index (κ3) is 3.67. The van der Waals surface area contributed by atoms with Crippen molar-refractivity contribution in [3.05, 3.63) is 48.6 Å². The Hall–Kier alpha value is -2.74. The Balaban J connectivity index is 1.49. The van der Waals surface area contributed by atoms with E-state index in [4.69, 9.17) is 4.42 Å². The third-order valence-corrected chi connectivity index (χ3v) is 3.65. The molecule has 0 aliphatic rings. The molecular formula is C14H13N5O2S. The number of anilines is 1. The fourth-order valence-electron chi connectivity index (χ4n) is 1.70. The van der Waals surface area contributed by atoms with E-state index in [1.807, 2.05) is 18.2 Å². The van der Waals surface area contributed by atoms with Gasteiger partial charge in [-0.3, -0.25) is 9.78 Å². The monoisotopic (exact) mass is 315 g/mol. The van der Waals surface area contributed by atoms with Gasteiger partial charge in [-0.1, -0.05) is 17.4 Å². The highest BCUT2D eigenvalue weighted by Crippen LogP contribution is 2.23. The third-order valence-electron chi connectivity index (χ3n) is 2.75. The molecular weight excluding hydrogens is 302 g/mol. The number of rotatable bonds is 6. The minimum atomic E-state index is -0.147. The maximum Gasteiger partial charge on any atom is 0.239 e. The molecule has 0 saturated carbocycles. The van der Waals surface area contributed by atoms with Crippen LogP contribution in [0.1, 0.15) is 5.76 Å². The summed E-state index contributed by atoms with van der Waals surface area (Å²) in [4.78, 5) is 15.9. The molecule has 0 fully saturated rings.